The summed E-state index contributed by atoms with van der Waals surface area (Å²) in [4.78, 5) is 13.8. The van der Waals surface area contributed by atoms with Crippen molar-refractivity contribution in [1.82, 2.24) is 4.90 Å². The van der Waals surface area contributed by atoms with E-state index in [1.165, 1.54) is 12.8 Å². The smallest absolute Gasteiger partial charge is 0.235 e. The number of nitrogens with zero attached hydrogens (tertiary/aromatic N) is 1. The van der Waals surface area contributed by atoms with Crippen LogP contribution in [0.15, 0.2) is 0 Å². The molecule has 2 rings (SSSR count). The molecule has 2 aliphatic rings. The Morgan fingerprint density at radius 2 is 2.21 bits per heavy atom. The van der Waals surface area contributed by atoms with E-state index < -0.39 is 0 Å². The van der Waals surface area contributed by atoms with Crippen LogP contribution >= 0.6 is 11.8 Å². The number of carbonyl (C=O) groups is 1. The molecule has 2 fully saturated rings. The van der Waals surface area contributed by atoms with Crippen molar-refractivity contribution in [2.45, 2.75) is 37.0 Å². The van der Waals surface area contributed by atoms with E-state index in [9.17, 15) is 9.90 Å². The predicted octanol–water partition coefficient (Wildman–Crippen LogP) is 0.865. The van der Waals surface area contributed by atoms with E-state index in [4.69, 9.17) is 0 Å². The lowest BCUT2D eigenvalue weighted by Crippen LogP contribution is -2.37. The van der Waals surface area contributed by atoms with E-state index in [0.29, 0.717) is 6.54 Å². The first-order chi connectivity index (χ1) is 6.77. The summed E-state index contributed by atoms with van der Waals surface area (Å²) in [5.74, 6) is 1.37. The van der Waals surface area contributed by atoms with E-state index in [0.717, 1.165) is 25.1 Å². The minimum atomic E-state index is -0.285. The number of amides is 1. The van der Waals surface area contributed by atoms with Crippen molar-refractivity contribution < 1.29 is 9.90 Å². The Hall–Kier alpha value is -0.220. The number of hydrogen-bond donors (Lipinski definition) is 1. The molecule has 2 atom stereocenters. The molecule has 0 aromatic heterocycles. The van der Waals surface area contributed by atoms with Gasteiger partial charge >= 0.3 is 0 Å². The number of β-amino-alcohol motifs (C(OH)–C–C–N with tert-alkyl or cyclic N) is 1. The molecule has 0 bridgehead atoms. The molecule has 14 heavy (non-hydrogen) atoms. The van der Waals surface area contributed by atoms with Crippen LogP contribution in [-0.2, 0) is 4.79 Å². The topological polar surface area (TPSA) is 40.5 Å². The first kappa shape index (κ1) is 10.3. The van der Waals surface area contributed by atoms with Gasteiger partial charge in [-0.3, -0.25) is 4.79 Å². The Balaban J connectivity index is 1.87. The number of aliphatic hydroxyl groups is 1. The van der Waals surface area contributed by atoms with Crippen LogP contribution in [0.25, 0.3) is 0 Å². The molecule has 4 heteroatoms. The van der Waals surface area contributed by atoms with Crippen LogP contribution in [0.5, 0.6) is 0 Å². The van der Waals surface area contributed by atoms with Crippen LogP contribution in [0.2, 0.25) is 0 Å². The van der Waals surface area contributed by atoms with Crippen molar-refractivity contribution in [2.24, 2.45) is 0 Å². The Bertz CT molecular complexity index is 209. The predicted molar refractivity (Wildman–Crippen MR) is 57.3 cm³/mol. The van der Waals surface area contributed by atoms with Gasteiger partial charge in [0, 0.05) is 13.1 Å². The zero-order valence-electron chi connectivity index (χ0n) is 8.32. The first-order valence-corrected chi connectivity index (χ1v) is 6.40. The number of hydrogen-bond acceptors (Lipinski definition) is 3. The maximum absolute atomic E-state index is 11.9. The minimum Gasteiger partial charge on any atom is -0.391 e. The monoisotopic (exact) mass is 215 g/mol. The molecule has 2 unspecified atom stereocenters. The zero-order valence-corrected chi connectivity index (χ0v) is 9.13. The summed E-state index contributed by atoms with van der Waals surface area (Å²) in [7, 11) is 0. The van der Waals surface area contributed by atoms with Crippen molar-refractivity contribution in [3.63, 3.8) is 0 Å². The Labute approximate surface area is 88.9 Å². The quantitative estimate of drug-likeness (QED) is 0.705. The van der Waals surface area contributed by atoms with E-state index in [-0.39, 0.29) is 17.3 Å². The number of rotatable bonds is 1. The normalized spacial score (nSPS) is 33.4. The fraction of sp³-hybridized carbons (Fsp3) is 0.900. The molecule has 1 N–H and O–H groups in total. The molecule has 2 aliphatic heterocycles. The van der Waals surface area contributed by atoms with Crippen molar-refractivity contribution in [2.75, 3.05) is 18.8 Å². The highest BCUT2D eigenvalue weighted by Crippen LogP contribution is 2.27. The third-order valence-electron chi connectivity index (χ3n) is 2.93. The van der Waals surface area contributed by atoms with Crippen LogP contribution in [0.1, 0.15) is 25.7 Å². The average Bonchev–Trinajstić information content (AvgIpc) is 2.65. The molecule has 1 amide bonds. The van der Waals surface area contributed by atoms with Gasteiger partial charge in [-0.1, -0.05) is 6.42 Å². The molecule has 3 nitrogen and oxygen atoms in total. The van der Waals surface area contributed by atoms with Crippen LogP contribution in [0.4, 0.5) is 0 Å². The molecule has 2 saturated heterocycles. The molecule has 0 saturated carbocycles. The molecule has 0 spiro atoms. The molecule has 0 aromatic carbocycles. The summed E-state index contributed by atoms with van der Waals surface area (Å²) in [6, 6.07) is 0. The van der Waals surface area contributed by atoms with Gasteiger partial charge in [-0.25, -0.2) is 0 Å². The van der Waals surface area contributed by atoms with E-state index in [1.807, 2.05) is 4.90 Å². The number of aliphatic hydroxyl groups excluding tert-OH is 1. The zero-order chi connectivity index (χ0) is 9.97. The van der Waals surface area contributed by atoms with Crippen molar-refractivity contribution in [1.29, 1.82) is 0 Å². The summed E-state index contributed by atoms with van der Waals surface area (Å²) < 4.78 is 0. The number of carbonyl (C=O) groups excluding carboxylic acids is 1. The third kappa shape index (κ3) is 2.23. The number of likely N-dealkylation sites (tertiary alicyclic amines) is 1. The van der Waals surface area contributed by atoms with Gasteiger partial charge in [-0.05, 0) is 25.0 Å². The lowest BCUT2D eigenvalue weighted by atomic mass is 10.2. The summed E-state index contributed by atoms with van der Waals surface area (Å²) in [6.07, 6.45) is 3.92. The first-order valence-electron chi connectivity index (χ1n) is 5.36. The molecular formula is C10H17NO2S. The lowest BCUT2D eigenvalue weighted by Gasteiger charge is -2.25. The van der Waals surface area contributed by atoms with Gasteiger partial charge in [-0.2, -0.15) is 0 Å². The lowest BCUT2D eigenvalue weighted by molar-refractivity contribution is -0.130. The van der Waals surface area contributed by atoms with Gasteiger partial charge in [0.05, 0.1) is 11.4 Å². The summed E-state index contributed by atoms with van der Waals surface area (Å²) in [5.41, 5.74) is 0. The highest BCUT2D eigenvalue weighted by molar-refractivity contribution is 8.00. The van der Waals surface area contributed by atoms with Gasteiger partial charge in [-0.15, -0.1) is 11.8 Å². The second-order valence-electron chi connectivity index (χ2n) is 4.08. The van der Waals surface area contributed by atoms with Gasteiger partial charge in [0.25, 0.3) is 0 Å². The molecule has 0 radical (unpaired) electrons. The fourth-order valence-corrected chi connectivity index (χ4v) is 3.36. The molecule has 2 heterocycles. The Morgan fingerprint density at radius 1 is 1.36 bits per heavy atom. The van der Waals surface area contributed by atoms with E-state index in [2.05, 4.69) is 0 Å². The molecule has 0 aromatic rings. The van der Waals surface area contributed by atoms with Crippen LogP contribution in [0.3, 0.4) is 0 Å². The molecule has 80 valence electrons. The highest BCUT2D eigenvalue weighted by Gasteiger charge is 2.30. The van der Waals surface area contributed by atoms with E-state index >= 15 is 0 Å². The summed E-state index contributed by atoms with van der Waals surface area (Å²) in [6.45, 7) is 1.30. The van der Waals surface area contributed by atoms with Crippen LogP contribution in [0, 0.1) is 0 Å². The standard InChI is InChI=1S/C10H17NO2S/c12-8-4-5-11(7-8)10(13)9-3-1-2-6-14-9/h8-9,12H,1-7H2. The Kier molecular flexibility index (Phi) is 3.34. The van der Waals surface area contributed by atoms with Gasteiger partial charge in [0.15, 0.2) is 0 Å². The summed E-state index contributed by atoms with van der Waals surface area (Å²) in [5, 5.41) is 9.52. The SMILES string of the molecule is O=C(C1CCCCS1)N1CCC(O)C1. The third-order valence-corrected chi connectivity index (χ3v) is 4.29. The molecule has 0 aliphatic carbocycles. The van der Waals surface area contributed by atoms with Crippen LogP contribution < -0.4 is 0 Å². The Morgan fingerprint density at radius 3 is 2.79 bits per heavy atom. The van der Waals surface area contributed by atoms with Crippen molar-refractivity contribution >= 4 is 17.7 Å². The van der Waals surface area contributed by atoms with Crippen LogP contribution in [-0.4, -0.2) is 46.1 Å². The number of thioether (sulfide) groups is 1. The van der Waals surface area contributed by atoms with Crippen molar-refractivity contribution in [3.8, 4) is 0 Å². The fourth-order valence-electron chi connectivity index (χ4n) is 2.08. The van der Waals surface area contributed by atoms with Gasteiger partial charge < -0.3 is 10.0 Å². The minimum absolute atomic E-state index is 0.175. The van der Waals surface area contributed by atoms with E-state index in [1.54, 1.807) is 11.8 Å². The maximum Gasteiger partial charge on any atom is 0.235 e. The van der Waals surface area contributed by atoms with Gasteiger partial charge in [0.2, 0.25) is 5.91 Å². The van der Waals surface area contributed by atoms with Gasteiger partial charge in [0.1, 0.15) is 0 Å². The largest absolute Gasteiger partial charge is 0.391 e. The maximum atomic E-state index is 11.9. The second-order valence-corrected chi connectivity index (χ2v) is 5.39. The average molecular weight is 215 g/mol. The molecular weight excluding hydrogens is 198 g/mol. The summed E-state index contributed by atoms with van der Waals surface area (Å²) >= 11 is 1.79. The highest BCUT2D eigenvalue weighted by atomic mass is 32.2. The van der Waals surface area contributed by atoms with Crippen molar-refractivity contribution in [3.05, 3.63) is 0 Å². The second kappa shape index (κ2) is 4.53.